The minimum atomic E-state index is -4.36. The average molecular weight is 303 g/mol. The Morgan fingerprint density at radius 2 is 1.90 bits per heavy atom. The van der Waals surface area contributed by atoms with Crippen LogP contribution in [0.25, 0.3) is 0 Å². The molecule has 0 radical (unpaired) electrons. The summed E-state index contributed by atoms with van der Waals surface area (Å²) in [6.07, 6.45) is -2.20. The highest BCUT2D eigenvalue weighted by molar-refractivity contribution is 5.47. The maximum Gasteiger partial charge on any atom is 0.422 e. The van der Waals surface area contributed by atoms with Gasteiger partial charge in [0.1, 0.15) is 17.6 Å². The molecule has 0 unspecified atom stereocenters. The topological polar surface area (TPSA) is 38.8 Å². The molecule has 21 heavy (non-hydrogen) atoms. The fraction of sp³-hybridized carbons (Fsp3) is 0.500. The summed E-state index contributed by atoms with van der Waals surface area (Å²) in [5.41, 5.74) is 0. The van der Waals surface area contributed by atoms with E-state index in [1.54, 1.807) is 17.0 Å². The average Bonchev–Trinajstić information content (AvgIpc) is 2.46. The van der Waals surface area contributed by atoms with Crippen molar-refractivity contribution in [2.24, 2.45) is 0 Å². The highest BCUT2D eigenvalue weighted by Crippen LogP contribution is 2.25. The van der Waals surface area contributed by atoms with Gasteiger partial charge in [-0.05, 0) is 12.1 Å². The zero-order chi connectivity index (χ0) is 15.3. The second kappa shape index (κ2) is 6.69. The second-order valence-electron chi connectivity index (χ2n) is 4.84. The van der Waals surface area contributed by atoms with Gasteiger partial charge in [0.05, 0.1) is 0 Å². The number of carbonyl (C=O) groups excluding carboxylic acids is 1. The number of alkyl halides is 3. The Hall–Kier alpha value is -1.92. The van der Waals surface area contributed by atoms with Crippen molar-refractivity contribution < 1.29 is 27.4 Å². The summed E-state index contributed by atoms with van der Waals surface area (Å²) in [6.45, 7) is -0.0783. The number of ether oxygens (including phenoxy) is 2. The molecule has 1 saturated heterocycles. The van der Waals surface area contributed by atoms with Crippen LogP contribution in [0, 0.1) is 0 Å². The van der Waals surface area contributed by atoms with Crippen LogP contribution in [0.1, 0.15) is 12.8 Å². The molecule has 116 valence electrons. The van der Waals surface area contributed by atoms with Crippen molar-refractivity contribution in [3.05, 3.63) is 24.3 Å². The third kappa shape index (κ3) is 5.17. The van der Waals surface area contributed by atoms with Gasteiger partial charge in [0.15, 0.2) is 6.61 Å². The van der Waals surface area contributed by atoms with Crippen LogP contribution in [0.15, 0.2) is 24.3 Å². The van der Waals surface area contributed by atoms with Gasteiger partial charge in [-0.15, -0.1) is 0 Å². The maximum absolute atomic E-state index is 12.1. The van der Waals surface area contributed by atoms with Gasteiger partial charge in [0, 0.05) is 32.0 Å². The molecule has 0 bridgehead atoms. The molecule has 1 aromatic rings. The molecule has 0 atom stereocenters. The smallest absolute Gasteiger partial charge is 0.422 e. The van der Waals surface area contributed by atoms with Gasteiger partial charge < -0.3 is 14.4 Å². The molecule has 0 N–H and O–H groups in total. The fourth-order valence-corrected chi connectivity index (χ4v) is 2.09. The molecule has 4 nitrogen and oxygen atoms in total. The van der Waals surface area contributed by atoms with E-state index in [2.05, 4.69) is 4.74 Å². The molecule has 7 heteroatoms. The predicted octanol–water partition coefficient (Wildman–Crippen LogP) is 2.63. The lowest BCUT2D eigenvalue weighted by Crippen LogP contribution is -2.37. The highest BCUT2D eigenvalue weighted by atomic mass is 19.4. The first-order valence-corrected chi connectivity index (χ1v) is 6.62. The van der Waals surface area contributed by atoms with E-state index in [0.717, 1.165) is 6.41 Å². The van der Waals surface area contributed by atoms with Crippen LogP contribution >= 0.6 is 0 Å². The SMILES string of the molecule is O=CN1CCC(Oc2cccc(OCC(F)(F)F)c2)CC1. The Morgan fingerprint density at radius 3 is 2.52 bits per heavy atom. The molecule has 0 aliphatic carbocycles. The zero-order valence-electron chi connectivity index (χ0n) is 11.3. The number of piperidine rings is 1. The van der Waals surface area contributed by atoms with Gasteiger partial charge in [-0.25, -0.2) is 0 Å². The standard InChI is InChI=1S/C14H16F3NO3/c15-14(16,17)9-20-12-2-1-3-13(8-12)21-11-4-6-18(10-19)7-5-11/h1-3,8,10-11H,4-7,9H2. The van der Waals surface area contributed by atoms with E-state index in [9.17, 15) is 18.0 Å². The Labute approximate surface area is 120 Å². The fourth-order valence-electron chi connectivity index (χ4n) is 2.09. The van der Waals surface area contributed by atoms with Gasteiger partial charge >= 0.3 is 6.18 Å². The maximum atomic E-state index is 12.1. The lowest BCUT2D eigenvalue weighted by atomic mass is 10.1. The molecule has 0 aromatic heterocycles. The molecule has 1 aliphatic rings. The number of rotatable bonds is 5. The van der Waals surface area contributed by atoms with Crippen molar-refractivity contribution in [3.63, 3.8) is 0 Å². The van der Waals surface area contributed by atoms with Crippen LogP contribution in [-0.2, 0) is 4.79 Å². The second-order valence-corrected chi connectivity index (χ2v) is 4.84. The third-order valence-electron chi connectivity index (χ3n) is 3.14. The number of halogens is 3. The normalized spacial score (nSPS) is 16.6. The van der Waals surface area contributed by atoms with Crippen LogP contribution in [0.4, 0.5) is 13.2 Å². The summed E-state index contributed by atoms with van der Waals surface area (Å²) in [4.78, 5) is 12.3. The molecule has 1 aromatic carbocycles. The van der Waals surface area contributed by atoms with Crippen LogP contribution in [0.3, 0.4) is 0 Å². The monoisotopic (exact) mass is 303 g/mol. The predicted molar refractivity (Wildman–Crippen MR) is 69.3 cm³/mol. The van der Waals surface area contributed by atoms with Crippen molar-refractivity contribution in [2.45, 2.75) is 25.1 Å². The van der Waals surface area contributed by atoms with Crippen LogP contribution < -0.4 is 9.47 Å². The summed E-state index contributed by atoms with van der Waals surface area (Å²) < 4.78 is 46.7. The molecule has 1 fully saturated rings. The lowest BCUT2D eigenvalue weighted by molar-refractivity contribution is -0.153. The first-order chi connectivity index (χ1) is 9.96. The zero-order valence-corrected chi connectivity index (χ0v) is 11.3. The summed E-state index contributed by atoms with van der Waals surface area (Å²) in [5, 5.41) is 0. The van der Waals surface area contributed by atoms with E-state index in [1.165, 1.54) is 12.1 Å². The molecule has 0 spiro atoms. The summed E-state index contributed by atoms with van der Waals surface area (Å²) >= 11 is 0. The van der Waals surface area contributed by atoms with E-state index in [1.807, 2.05) is 0 Å². The number of benzene rings is 1. The molecule has 1 amide bonds. The van der Waals surface area contributed by atoms with Gasteiger partial charge in [0.2, 0.25) is 6.41 Å². The number of amides is 1. The number of nitrogens with zero attached hydrogens (tertiary/aromatic N) is 1. The molecule has 1 aliphatic heterocycles. The minimum absolute atomic E-state index is 0.0425. The van der Waals surface area contributed by atoms with E-state index < -0.39 is 12.8 Å². The number of likely N-dealkylation sites (tertiary alicyclic amines) is 1. The quantitative estimate of drug-likeness (QED) is 0.785. The van der Waals surface area contributed by atoms with E-state index in [-0.39, 0.29) is 11.9 Å². The van der Waals surface area contributed by atoms with Crippen molar-refractivity contribution in [2.75, 3.05) is 19.7 Å². The Morgan fingerprint density at radius 1 is 1.24 bits per heavy atom. The van der Waals surface area contributed by atoms with Crippen LogP contribution in [0.5, 0.6) is 11.5 Å². The Bertz CT molecular complexity index is 471. The van der Waals surface area contributed by atoms with Crippen LogP contribution in [0.2, 0.25) is 0 Å². The molecule has 0 saturated carbocycles. The first-order valence-electron chi connectivity index (χ1n) is 6.62. The van der Waals surface area contributed by atoms with Crippen molar-refractivity contribution >= 4 is 6.41 Å². The molecule has 2 rings (SSSR count). The van der Waals surface area contributed by atoms with Crippen molar-refractivity contribution in [3.8, 4) is 11.5 Å². The van der Waals surface area contributed by atoms with Gasteiger partial charge in [-0.3, -0.25) is 4.79 Å². The van der Waals surface area contributed by atoms with Crippen molar-refractivity contribution in [1.29, 1.82) is 0 Å². The number of hydrogen-bond donors (Lipinski definition) is 0. The Balaban J connectivity index is 1.88. The lowest BCUT2D eigenvalue weighted by Gasteiger charge is -2.29. The first kappa shape index (κ1) is 15.5. The summed E-state index contributed by atoms with van der Waals surface area (Å²) in [5.74, 6) is 0.592. The number of hydrogen-bond acceptors (Lipinski definition) is 3. The number of carbonyl (C=O) groups is 1. The van der Waals surface area contributed by atoms with Crippen LogP contribution in [-0.4, -0.2) is 43.3 Å². The third-order valence-corrected chi connectivity index (χ3v) is 3.14. The van der Waals surface area contributed by atoms with E-state index in [4.69, 9.17) is 4.74 Å². The molecular weight excluding hydrogens is 287 g/mol. The summed E-state index contributed by atoms with van der Waals surface area (Å²) in [6, 6.07) is 6.15. The summed E-state index contributed by atoms with van der Waals surface area (Å²) in [7, 11) is 0. The molecule has 1 heterocycles. The largest absolute Gasteiger partial charge is 0.490 e. The molecular formula is C14H16F3NO3. The highest BCUT2D eigenvalue weighted by Gasteiger charge is 2.28. The van der Waals surface area contributed by atoms with Gasteiger partial charge in [-0.1, -0.05) is 6.07 Å². The Kier molecular flexibility index (Phi) is 4.93. The van der Waals surface area contributed by atoms with E-state index >= 15 is 0 Å². The van der Waals surface area contributed by atoms with Gasteiger partial charge in [0.25, 0.3) is 0 Å². The van der Waals surface area contributed by atoms with Crippen molar-refractivity contribution in [1.82, 2.24) is 4.90 Å². The van der Waals surface area contributed by atoms with Gasteiger partial charge in [-0.2, -0.15) is 13.2 Å². The minimum Gasteiger partial charge on any atom is -0.490 e. The van der Waals surface area contributed by atoms with E-state index in [0.29, 0.717) is 31.7 Å².